The first-order valence-corrected chi connectivity index (χ1v) is 7.55. The molecular weight excluding hydrogens is 304 g/mol. The molecule has 1 rings (SSSR count). The van der Waals surface area contributed by atoms with Gasteiger partial charge in [0.2, 0.25) is 5.91 Å². The average molecular weight is 329 g/mol. The minimum absolute atomic E-state index is 0.0983. The molecule has 1 aromatic rings. The van der Waals surface area contributed by atoms with Crippen molar-refractivity contribution in [2.45, 2.75) is 12.5 Å². The number of aliphatic hydroxyl groups excluding tert-OH is 1. The topological polar surface area (TPSA) is 102 Å². The number of nitrogens with two attached hydrogens (primary N) is 1. The van der Waals surface area contributed by atoms with E-state index in [-0.39, 0.29) is 12.1 Å². The fourth-order valence-corrected chi connectivity index (χ4v) is 1.88. The average Bonchev–Trinajstić information content (AvgIpc) is 2.46. The smallest absolute Gasteiger partial charge is 0.223 e. The Morgan fingerprint density at radius 2 is 2.00 bits per heavy atom. The van der Waals surface area contributed by atoms with E-state index in [9.17, 15) is 9.90 Å². The number of amides is 1. The zero-order valence-corrected chi connectivity index (χ0v) is 14.0. The number of alkyl halides is 1. The van der Waals surface area contributed by atoms with Crippen molar-refractivity contribution in [2.75, 3.05) is 38.9 Å². The van der Waals surface area contributed by atoms with E-state index in [1.165, 1.54) is 6.38 Å². The number of nitrogens with one attached hydrogen (secondary N) is 2. The van der Waals surface area contributed by atoms with Gasteiger partial charge in [0.15, 0.2) is 0 Å². The van der Waals surface area contributed by atoms with Crippen LogP contribution in [-0.4, -0.2) is 61.3 Å². The third-order valence-corrected chi connectivity index (χ3v) is 2.71. The maximum absolute atomic E-state index is 10.9. The summed E-state index contributed by atoms with van der Waals surface area (Å²) in [6.45, 7) is 0.924. The summed E-state index contributed by atoms with van der Waals surface area (Å²) < 4.78 is 0. The Morgan fingerprint density at radius 3 is 2.55 bits per heavy atom. The minimum Gasteiger partial charge on any atom is -0.390 e. The predicted octanol–water partition coefficient (Wildman–Crippen LogP) is 1.12. The van der Waals surface area contributed by atoms with Crippen molar-refractivity contribution in [1.29, 1.82) is 5.41 Å². The van der Waals surface area contributed by atoms with Gasteiger partial charge in [-0.1, -0.05) is 18.2 Å². The molecule has 0 aromatic heterocycles. The van der Waals surface area contributed by atoms with E-state index in [4.69, 9.17) is 11.1 Å². The number of hydrogen-bond donors (Lipinski definition) is 4. The summed E-state index contributed by atoms with van der Waals surface area (Å²) in [5.41, 5.74) is 6.63. The molecule has 124 valence electrons. The Labute approximate surface area is 136 Å². The number of halogens is 1. The number of hydrogen-bond acceptors (Lipinski definition) is 5. The SMILES string of the molecule is CCl.CN(C)CC(O)CNc1ccccc1C(=N)CC(N)=O. The van der Waals surface area contributed by atoms with Crippen LogP contribution in [0.25, 0.3) is 0 Å². The number of likely N-dealkylation sites (N-methyl/N-ethyl adjacent to an activating group) is 1. The summed E-state index contributed by atoms with van der Waals surface area (Å²) in [6.07, 6.45) is 0.863. The van der Waals surface area contributed by atoms with Crippen LogP contribution in [-0.2, 0) is 4.79 Å². The molecule has 0 bridgehead atoms. The second kappa shape index (κ2) is 11.0. The maximum atomic E-state index is 10.9. The van der Waals surface area contributed by atoms with Crippen LogP contribution in [0.4, 0.5) is 5.69 Å². The molecule has 6 nitrogen and oxygen atoms in total. The molecule has 22 heavy (non-hydrogen) atoms. The highest BCUT2D eigenvalue weighted by atomic mass is 35.5. The first-order valence-electron chi connectivity index (χ1n) is 6.79. The van der Waals surface area contributed by atoms with Gasteiger partial charge in [0.05, 0.1) is 12.5 Å². The highest BCUT2D eigenvalue weighted by molar-refractivity contribution is 6.15. The molecule has 0 fully saturated rings. The number of aliphatic hydroxyl groups is 1. The van der Waals surface area contributed by atoms with Crippen LogP contribution in [0, 0.1) is 5.41 Å². The summed E-state index contributed by atoms with van der Waals surface area (Å²) >= 11 is 4.64. The number of para-hydroxylation sites is 1. The first kappa shape index (κ1) is 20.4. The van der Waals surface area contributed by atoms with Gasteiger partial charge >= 0.3 is 0 Å². The Morgan fingerprint density at radius 1 is 1.41 bits per heavy atom. The van der Waals surface area contributed by atoms with Crippen LogP contribution in [0.1, 0.15) is 12.0 Å². The number of carbonyl (C=O) groups is 1. The Balaban J connectivity index is 0.00000211. The zero-order valence-electron chi connectivity index (χ0n) is 13.3. The van der Waals surface area contributed by atoms with Crippen LogP contribution in [0.15, 0.2) is 24.3 Å². The highest BCUT2D eigenvalue weighted by Crippen LogP contribution is 2.16. The third kappa shape index (κ3) is 7.97. The van der Waals surface area contributed by atoms with E-state index in [1.54, 1.807) is 12.1 Å². The van der Waals surface area contributed by atoms with Crippen molar-refractivity contribution in [2.24, 2.45) is 5.73 Å². The van der Waals surface area contributed by atoms with Gasteiger partial charge in [0.1, 0.15) is 0 Å². The van der Waals surface area contributed by atoms with E-state index in [1.807, 2.05) is 31.1 Å². The van der Waals surface area contributed by atoms with Gasteiger partial charge in [-0.25, -0.2) is 0 Å². The monoisotopic (exact) mass is 328 g/mol. The minimum atomic E-state index is -0.530. The molecule has 5 N–H and O–H groups in total. The van der Waals surface area contributed by atoms with Crippen molar-refractivity contribution in [3.8, 4) is 0 Å². The molecule has 0 spiro atoms. The molecule has 1 atom stereocenters. The standard InChI is InChI=1S/C14H22N4O2.CH3Cl/c1-18(2)9-10(19)8-17-13-6-4-3-5-11(13)12(15)7-14(16)20;1-2/h3-6,10,15,17,19H,7-9H2,1-2H3,(H2,16,20);1H3. The third-order valence-electron chi connectivity index (χ3n) is 2.71. The van der Waals surface area contributed by atoms with Gasteiger partial charge in [-0.2, -0.15) is 0 Å². The Bertz CT molecular complexity index is 480. The Kier molecular flexibility index (Phi) is 10.2. The second-order valence-electron chi connectivity index (χ2n) is 4.96. The fraction of sp³-hybridized carbons (Fsp3) is 0.467. The molecule has 1 unspecified atom stereocenters. The molecule has 0 saturated carbocycles. The van der Waals surface area contributed by atoms with Crippen molar-refractivity contribution in [3.63, 3.8) is 0 Å². The second-order valence-corrected chi connectivity index (χ2v) is 4.96. The quantitative estimate of drug-likeness (QED) is 0.424. The van der Waals surface area contributed by atoms with Gasteiger partial charge < -0.3 is 26.5 Å². The molecule has 1 amide bonds. The summed E-state index contributed by atoms with van der Waals surface area (Å²) in [6, 6.07) is 7.20. The number of carbonyl (C=O) groups excluding carboxylic acids is 1. The van der Waals surface area contributed by atoms with Gasteiger partial charge in [0, 0.05) is 36.4 Å². The largest absolute Gasteiger partial charge is 0.390 e. The summed E-state index contributed by atoms with van der Waals surface area (Å²) in [5.74, 6) is -0.530. The van der Waals surface area contributed by atoms with Gasteiger partial charge in [-0.15, -0.1) is 11.6 Å². The molecule has 0 aliphatic heterocycles. The summed E-state index contributed by atoms with van der Waals surface area (Å²) in [4.78, 5) is 12.8. The van der Waals surface area contributed by atoms with E-state index in [0.717, 1.165) is 5.69 Å². The van der Waals surface area contributed by atoms with Gasteiger partial charge in [-0.05, 0) is 20.2 Å². The van der Waals surface area contributed by atoms with E-state index >= 15 is 0 Å². The van der Waals surface area contributed by atoms with E-state index in [0.29, 0.717) is 18.7 Å². The molecule has 7 heteroatoms. The molecule has 0 heterocycles. The number of anilines is 1. The van der Waals surface area contributed by atoms with Crippen LogP contribution >= 0.6 is 11.6 Å². The number of primary amides is 1. The van der Waals surface area contributed by atoms with Crippen LogP contribution in [0.5, 0.6) is 0 Å². The van der Waals surface area contributed by atoms with Crippen molar-refractivity contribution >= 4 is 28.9 Å². The van der Waals surface area contributed by atoms with Crippen molar-refractivity contribution < 1.29 is 9.90 Å². The lowest BCUT2D eigenvalue weighted by molar-refractivity contribution is -0.116. The molecule has 0 aliphatic carbocycles. The van der Waals surface area contributed by atoms with Gasteiger partial charge in [-0.3, -0.25) is 4.79 Å². The van der Waals surface area contributed by atoms with Gasteiger partial charge in [0.25, 0.3) is 0 Å². The molecular formula is C15H25ClN4O2. The number of nitrogens with zero attached hydrogens (tertiary/aromatic N) is 1. The van der Waals surface area contributed by atoms with Crippen LogP contribution < -0.4 is 11.1 Å². The summed E-state index contributed by atoms with van der Waals surface area (Å²) in [7, 11) is 3.78. The van der Waals surface area contributed by atoms with Crippen molar-refractivity contribution in [1.82, 2.24) is 4.90 Å². The van der Waals surface area contributed by atoms with E-state index in [2.05, 4.69) is 16.9 Å². The molecule has 0 radical (unpaired) electrons. The molecule has 0 saturated heterocycles. The normalized spacial score (nSPS) is 11.4. The number of benzene rings is 1. The van der Waals surface area contributed by atoms with Crippen LogP contribution in [0.2, 0.25) is 0 Å². The predicted molar refractivity (Wildman–Crippen MR) is 91.9 cm³/mol. The molecule has 1 aromatic carbocycles. The zero-order chi connectivity index (χ0) is 17.1. The highest BCUT2D eigenvalue weighted by Gasteiger charge is 2.11. The lowest BCUT2D eigenvalue weighted by atomic mass is 10.0. The lowest BCUT2D eigenvalue weighted by Gasteiger charge is -2.18. The van der Waals surface area contributed by atoms with Crippen molar-refractivity contribution in [3.05, 3.63) is 29.8 Å². The van der Waals surface area contributed by atoms with E-state index < -0.39 is 12.0 Å². The Hall–Kier alpha value is -1.63. The van der Waals surface area contributed by atoms with Crippen LogP contribution in [0.3, 0.4) is 0 Å². The lowest BCUT2D eigenvalue weighted by Crippen LogP contribution is -2.31. The maximum Gasteiger partial charge on any atom is 0.223 e. The fourth-order valence-electron chi connectivity index (χ4n) is 1.88. The number of rotatable bonds is 8. The molecule has 0 aliphatic rings. The first-order chi connectivity index (χ1) is 10.4. The summed E-state index contributed by atoms with van der Waals surface area (Å²) in [5, 5.41) is 20.8.